The van der Waals surface area contributed by atoms with Gasteiger partial charge in [0.05, 0.1) is 0 Å². The maximum Gasteiger partial charge on any atom is 0.408 e. The average molecular weight is 436 g/mol. The lowest BCUT2D eigenvalue weighted by Crippen LogP contribution is -2.45. The van der Waals surface area contributed by atoms with E-state index in [0.29, 0.717) is 28.9 Å². The molecule has 7 nitrogen and oxygen atoms in total. The van der Waals surface area contributed by atoms with Crippen LogP contribution in [0, 0.1) is 20.8 Å². The Labute approximate surface area is 180 Å². The van der Waals surface area contributed by atoms with Crippen LogP contribution >= 0.6 is 11.8 Å². The molecule has 30 heavy (non-hydrogen) atoms. The first-order valence-electron chi connectivity index (χ1n) is 9.68. The molecule has 0 aliphatic rings. The van der Waals surface area contributed by atoms with Crippen molar-refractivity contribution in [3.05, 3.63) is 39.2 Å². The maximum atomic E-state index is 12.8. The summed E-state index contributed by atoms with van der Waals surface area (Å²) in [6.45, 7) is 10.5. The Morgan fingerprint density at radius 2 is 1.80 bits per heavy atom. The second-order valence-corrected chi connectivity index (χ2v) is 9.09. The van der Waals surface area contributed by atoms with Gasteiger partial charge in [0.25, 0.3) is 0 Å². The van der Waals surface area contributed by atoms with E-state index in [1.807, 2.05) is 13.2 Å². The predicted octanol–water partition coefficient (Wildman–Crippen LogP) is 4.27. The minimum atomic E-state index is -0.867. The van der Waals surface area contributed by atoms with Gasteiger partial charge < -0.3 is 19.2 Å². The van der Waals surface area contributed by atoms with Crippen LogP contribution in [0.3, 0.4) is 0 Å². The molecular formula is C22H29NO6S. The summed E-state index contributed by atoms with van der Waals surface area (Å²) in [4.78, 5) is 37.0. The fourth-order valence-electron chi connectivity index (χ4n) is 2.85. The van der Waals surface area contributed by atoms with Gasteiger partial charge in [-0.2, -0.15) is 11.8 Å². The lowest BCUT2D eigenvalue weighted by atomic mass is 10.0. The number of thioether (sulfide) groups is 1. The molecule has 1 aromatic heterocycles. The standard InChI is InChI=1S/C22H29NO6S/c1-12-13(2)19(24)28-18-14(3)17(9-8-15(12)18)27-20(25)16(10-11-30-7)23-21(26)29-22(4,5)6/h8-9,16H,10-11H2,1-7H3,(H,23,26)/t16-/m1/s1. The van der Waals surface area contributed by atoms with Crippen LogP contribution in [-0.4, -0.2) is 35.7 Å². The molecule has 0 aliphatic carbocycles. The van der Waals surface area contributed by atoms with Crippen LogP contribution in [0.5, 0.6) is 5.75 Å². The molecule has 0 aliphatic heterocycles. The van der Waals surface area contributed by atoms with Gasteiger partial charge in [0.1, 0.15) is 23.0 Å². The second kappa shape index (κ2) is 9.55. The van der Waals surface area contributed by atoms with E-state index in [-0.39, 0.29) is 5.75 Å². The Morgan fingerprint density at radius 1 is 1.13 bits per heavy atom. The molecule has 2 rings (SSSR count). The minimum absolute atomic E-state index is 0.277. The Bertz CT molecular complexity index is 1010. The zero-order valence-corrected chi connectivity index (χ0v) is 19.3. The van der Waals surface area contributed by atoms with E-state index in [1.54, 1.807) is 58.5 Å². The zero-order valence-electron chi connectivity index (χ0n) is 18.5. The molecule has 1 aromatic carbocycles. The summed E-state index contributed by atoms with van der Waals surface area (Å²) in [5, 5.41) is 3.38. The first kappa shape index (κ1) is 23.8. The number of rotatable bonds is 6. The summed E-state index contributed by atoms with van der Waals surface area (Å²) >= 11 is 1.55. The largest absolute Gasteiger partial charge is 0.444 e. The summed E-state index contributed by atoms with van der Waals surface area (Å²) < 4.78 is 16.3. The predicted molar refractivity (Wildman–Crippen MR) is 118 cm³/mol. The second-order valence-electron chi connectivity index (χ2n) is 8.11. The number of carbonyl (C=O) groups excluding carboxylic acids is 2. The summed E-state index contributed by atoms with van der Waals surface area (Å²) in [7, 11) is 0. The van der Waals surface area contributed by atoms with E-state index in [1.165, 1.54) is 0 Å². The van der Waals surface area contributed by atoms with Gasteiger partial charge in [0.15, 0.2) is 0 Å². The normalized spacial score (nSPS) is 12.5. The van der Waals surface area contributed by atoms with Crippen molar-refractivity contribution in [3.63, 3.8) is 0 Å². The quantitative estimate of drug-likeness (QED) is 0.411. The molecule has 1 N–H and O–H groups in total. The van der Waals surface area contributed by atoms with Gasteiger partial charge in [-0.05, 0) is 77.7 Å². The highest BCUT2D eigenvalue weighted by Crippen LogP contribution is 2.29. The number of nitrogens with one attached hydrogen (secondary N) is 1. The topological polar surface area (TPSA) is 94.8 Å². The van der Waals surface area contributed by atoms with Gasteiger partial charge in [-0.25, -0.2) is 14.4 Å². The van der Waals surface area contributed by atoms with Gasteiger partial charge >= 0.3 is 17.7 Å². The number of hydrogen-bond acceptors (Lipinski definition) is 7. The summed E-state index contributed by atoms with van der Waals surface area (Å²) in [6.07, 6.45) is 1.62. The molecule has 1 amide bonds. The Kier molecular flexibility index (Phi) is 7.58. The smallest absolute Gasteiger partial charge is 0.408 e. The van der Waals surface area contributed by atoms with E-state index in [9.17, 15) is 14.4 Å². The van der Waals surface area contributed by atoms with Crippen LogP contribution < -0.4 is 15.7 Å². The van der Waals surface area contributed by atoms with Crippen LogP contribution in [0.2, 0.25) is 0 Å². The molecule has 0 radical (unpaired) electrons. The van der Waals surface area contributed by atoms with E-state index >= 15 is 0 Å². The molecule has 0 bridgehead atoms. The van der Waals surface area contributed by atoms with Gasteiger partial charge in [0.2, 0.25) is 0 Å². The van der Waals surface area contributed by atoms with Gasteiger partial charge in [-0.3, -0.25) is 0 Å². The maximum absolute atomic E-state index is 12.8. The van der Waals surface area contributed by atoms with Crippen molar-refractivity contribution in [2.24, 2.45) is 0 Å². The zero-order chi connectivity index (χ0) is 22.6. The molecule has 0 spiro atoms. The van der Waals surface area contributed by atoms with Crippen molar-refractivity contribution < 1.29 is 23.5 Å². The summed E-state index contributed by atoms with van der Waals surface area (Å²) in [5.41, 5.74) is 1.20. The summed E-state index contributed by atoms with van der Waals surface area (Å²) in [5.74, 6) is 0.321. The lowest BCUT2D eigenvalue weighted by Gasteiger charge is -2.23. The van der Waals surface area contributed by atoms with Crippen molar-refractivity contribution in [1.29, 1.82) is 0 Å². The van der Waals surface area contributed by atoms with Crippen LogP contribution in [0.4, 0.5) is 4.79 Å². The van der Waals surface area contributed by atoms with Gasteiger partial charge in [-0.15, -0.1) is 0 Å². The number of esters is 1. The molecule has 0 saturated carbocycles. The summed E-state index contributed by atoms with van der Waals surface area (Å²) in [6, 6.07) is 2.56. The highest BCUT2D eigenvalue weighted by atomic mass is 32.2. The van der Waals surface area contributed by atoms with E-state index in [0.717, 1.165) is 10.9 Å². The number of aryl methyl sites for hydroxylation is 2. The molecule has 0 fully saturated rings. The van der Waals surface area contributed by atoms with Crippen molar-refractivity contribution in [3.8, 4) is 5.75 Å². The molecule has 1 heterocycles. The van der Waals surface area contributed by atoms with Crippen molar-refractivity contribution in [2.45, 2.75) is 59.6 Å². The number of carbonyl (C=O) groups is 2. The minimum Gasteiger partial charge on any atom is -0.444 e. The molecule has 8 heteroatoms. The molecule has 164 valence electrons. The molecular weight excluding hydrogens is 406 g/mol. The Hall–Kier alpha value is -2.48. The lowest BCUT2D eigenvalue weighted by molar-refractivity contribution is -0.136. The van der Waals surface area contributed by atoms with E-state index < -0.39 is 29.3 Å². The van der Waals surface area contributed by atoms with Crippen LogP contribution in [-0.2, 0) is 9.53 Å². The Balaban J connectivity index is 2.29. The number of benzene rings is 1. The third kappa shape index (κ3) is 5.78. The van der Waals surface area contributed by atoms with Crippen molar-refractivity contribution in [1.82, 2.24) is 5.32 Å². The molecule has 0 unspecified atom stereocenters. The van der Waals surface area contributed by atoms with E-state index in [2.05, 4.69) is 5.32 Å². The number of fused-ring (bicyclic) bond motifs is 1. The fourth-order valence-corrected chi connectivity index (χ4v) is 3.32. The first-order valence-corrected chi connectivity index (χ1v) is 11.1. The van der Waals surface area contributed by atoms with Crippen molar-refractivity contribution in [2.75, 3.05) is 12.0 Å². The number of ether oxygens (including phenoxy) is 2. The van der Waals surface area contributed by atoms with Crippen LogP contribution in [0.15, 0.2) is 21.3 Å². The van der Waals surface area contributed by atoms with Crippen LogP contribution in [0.25, 0.3) is 11.0 Å². The highest BCUT2D eigenvalue weighted by molar-refractivity contribution is 7.98. The SMILES string of the molecule is CSCC[C@@H](NC(=O)OC(C)(C)C)C(=O)Oc1ccc2c(C)c(C)c(=O)oc2c1C. The number of amides is 1. The highest BCUT2D eigenvalue weighted by Gasteiger charge is 2.26. The average Bonchev–Trinajstić information content (AvgIpc) is 2.64. The molecule has 0 saturated heterocycles. The fraction of sp³-hybridized carbons (Fsp3) is 0.500. The monoisotopic (exact) mass is 435 g/mol. The molecule has 1 atom stereocenters. The number of alkyl carbamates (subject to hydrolysis) is 1. The third-order valence-electron chi connectivity index (χ3n) is 4.62. The molecule has 2 aromatic rings. The van der Waals surface area contributed by atoms with Gasteiger partial charge in [-0.1, -0.05) is 0 Å². The van der Waals surface area contributed by atoms with Gasteiger partial charge in [0, 0.05) is 16.5 Å². The first-order chi connectivity index (χ1) is 13.9. The third-order valence-corrected chi connectivity index (χ3v) is 5.26. The van der Waals surface area contributed by atoms with Crippen LogP contribution in [0.1, 0.15) is 43.9 Å². The van der Waals surface area contributed by atoms with E-state index in [4.69, 9.17) is 13.9 Å². The van der Waals surface area contributed by atoms with Crippen molar-refractivity contribution >= 4 is 34.8 Å². The Morgan fingerprint density at radius 3 is 2.40 bits per heavy atom. The number of hydrogen-bond donors (Lipinski definition) is 1.